The molecule has 0 saturated carbocycles. The van der Waals surface area contributed by atoms with E-state index < -0.39 is 0 Å². The van der Waals surface area contributed by atoms with Crippen molar-refractivity contribution in [3.05, 3.63) is 16.5 Å². The fourth-order valence-corrected chi connectivity index (χ4v) is 3.42. The fourth-order valence-electron chi connectivity index (χ4n) is 1.75. The zero-order chi connectivity index (χ0) is 12.4. The molecule has 1 aliphatic heterocycles. The summed E-state index contributed by atoms with van der Waals surface area (Å²) >= 11 is 5.25. The van der Waals surface area contributed by atoms with Crippen molar-refractivity contribution in [2.75, 3.05) is 6.61 Å². The second-order valence-electron chi connectivity index (χ2n) is 4.56. The average molecular weight is 317 g/mol. The highest BCUT2D eigenvalue weighted by molar-refractivity contribution is 9.10. The highest BCUT2D eigenvalue weighted by Crippen LogP contribution is 2.32. The van der Waals surface area contributed by atoms with E-state index in [1.54, 1.807) is 11.8 Å². The Balaban J connectivity index is 2.15. The summed E-state index contributed by atoms with van der Waals surface area (Å²) in [5.74, 6) is 1.25. The van der Waals surface area contributed by atoms with Crippen molar-refractivity contribution in [2.45, 2.75) is 49.5 Å². The van der Waals surface area contributed by atoms with Gasteiger partial charge in [-0.15, -0.1) is 11.8 Å². The molecule has 5 heteroatoms. The number of hydrogen-bond acceptors (Lipinski definition) is 4. The summed E-state index contributed by atoms with van der Waals surface area (Å²) < 4.78 is 6.44. The molecule has 3 nitrogen and oxygen atoms in total. The van der Waals surface area contributed by atoms with Crippen molar-refractivity contribution < 1.29 is 4.74 Å². The normalized spacial score (nSPS) is 24.5. The molecule has 2 unspecified atom stereocenters. The Kier molecular flexibility index (Phi) is 4.44. The molecule has 1 fully saturated rings. The van der Waals surface area contributed by atoms with E-state index in [1.165, 1.54) is 0 Å². The van der Waals surface area contributed by atoms with Crippen LogP contribution in [0.3, 0.4) is 0 Å². The quantitative estimate of drug-likeness (QED) is 0.798. The second-order valence-corrected chi connectivity index (χ2v) is 6.63. The number of thioether (sulfide) groups is 1. The molecule has 2 atom stereocenters. The lowest BCUT2D eigenvalue weighted by atomic mass is 10.2. The van der Waals surface area contributed by atoms with E-state index in [0.717, 1.165) is 28.5 Å². The molecule has 94 valence electrons. The third-order valence-electron chi connectivity index (χ3n) is 2.78. The van der Waals surface area contributed by atoms with Crippen LogP contribution >= 0.6 is 27.7 Å². The molecule has 0 spiro atoms. The zero-order valence-corrected chi connectivity index (χ0v) is 12.7. The van der Waals surface area contributed by atoms with Crippen molar-refractivity contribution in [3.8, 4) is 0 Å². The van der Waals surface area contributed by atoms with Gasteiger partial charge in [-0.1, -0.05) is 13.8 Å². The molecule has 0 aliphatic carbocycles. The van der Waals surface area contributed by atoms with Gasteiger partial charge in [-0.2, -0.15) is 0 Å². The Labute approximate surface area is 115 Å². The second kappa shape index (κ2) is 5.67. The minimum absolute atomic E-state index is 0.316. The van der Waals surface area contributed by atoms with Gasteiger partial charge in [-0.25, -0.2) is 9.97 Å². The maximum absolute atomic E-state index is 5.57. The first kappa shape index (κ1) is 13.3. The summed E-state index contributed by atoms with van der Waals surface area (Å²) in [4.78, 5) is 8.99. The molecule has 2 heterocycles. The van der Waals surface area contributed by atoms with Crippen LogP contribution in [0.4, 0.5) is 0 Å². The van der Waals surface area contributed by atoms with E-state index >= 15 is 0 Å². The third kappa shape index (κ3) is 3.42. The van der Waals surface area contributed by atoms with Crippen LogP contribution in [0.1, 0.15) is 38.9 Å². The lowest BCUT2D eigenvalue weighted by Crippen LogP contribution is -2.13. The number of rotatable bonds is 3. The van der Waals surface area contributed by atoms with Crippen molar-refractivity contribution in [1.82, 2.24) is 9.97 Å². The van der Waals surface area contributed by atoms with Gasteiger partial charge in [0.15, 0.2) is 0 Å². The Hall–Kier alpha value is -0.130. The average Bonchev–Trinajstić information content (AvgIpc) is 2.63. The summed E-state index contributed by atoms with van der Waals surface area (Å²) in [6.07, 6.45) is 1.42. The molecule has 1 saturated heterocycles. The summed E-state index contributed by atoms with van der Waals surface area (Å²) in [5.41, 5.74) is 0. The predicted octanol–water partition coefficient (Wildman–Crippen LogP) is 3.63. The van der Waals surface area contributed by atoms with E-state index in [-0.39, 0.29) is 0 Å². The Morgan fingerprint density at radius 3 is 2.82 bits per heavy atom. The van der Waals surface area contributed by atoms with E-state index in [4.69, 9.17) is 4.74 Å². The molecule has 0 aromatic carbocycles. The van der Waals surface area contributed by atoms with Gasteiger partial charge in [0.25, 0.3) is 0 Å². The van der Waals surface area contributed by atoms with E-state index in [0.29, 0.717) is 17.3 Å². The van der Waals surface area contributed by atoms with Gasteiger partial charge < -0.3 is 4.74 Å². The predicted molar refractivity (Wildman–Crippen MR) is 73.5 cm³/mol. The number of nitrogens with zero attached hydrogens (tertiary/aromatic N) is 2. The third-order valence-corrected chi connectivity index (χ3v) is 4.56. The molecule has 0 bridgehead atoms. The number of ether oxygens (including phenoxy) is 1. The molecule has 0 radical (unpaired) electrons. The largest absolute Gasteiger partial charge is 0.377 e. The smallest absolute Gasteiger partial charge is 0.133 e. The first-order chi connectivity index (χ1) is 8.06. The SMILES string of the molecule is CC(C)c1nc(Br)cc(SC2CCOC2C)n1. The summed E-state index contributed by atoms with van der Waals surface area (Å²) in [6, 6.07) is 1.99. The molecule has 2 rings (SSSR count). The monoisotopic (exact) mass is 316 g/mol. The van der Waals surface area contributed by atoms with Gasteiger partial charge >= 0.3 is 0 Å². The first-order valence-electron chi connectivity index (χ1n) is 5.89. The van der Waals surface area contributed by atoms with Gasteiger partial charge in [0, 0.05) is 23.8 Å². The molecule has 0 amide bonds. The maximum atomic E-state index is 5.57. The lowest BCUT2D eigenvalue weighted by Gasteiger charge is -2.14. The summed E-state index contributed by atoms with van der Waals surface area (Å²) in [6.45, 7) is 7.21. The molecule has 0 N–H and O–H groups in total. The zero-order valence-electron chi connectivity index (χ0n) is 10.3. The maximum Gasteiger partial charge on any atom is 0.133 e. The summed E-state index contributed by atoms with van der Waals surface area (Å²) in [7, 11) is 0. The molecular weight excluding hydrogens is 300 g/mol. The lowest BCUT2D eigenvalue weighted by molar-refractivity contribution is 0.127. The van der Waals surface area contributed by atoms with Crippen LogP contribution in [0.25, 0.3) is 0 Å². The number of halogens is 1. The van der Waals surface area contributed by atoms with E-state index in [1.807, 2.05) is 6.07 Å². The number of aromatic nitrogens is 2. The first-order valence-corrected chi connectivity index (χ1v) is 7.56. The fraction of sp³-hybridized carbons (Fsp3) is 0.667. The molecule has 17 heavy (non-hydrogen) atoms. The van der Waals surface area contributed by atoms with Crippen LogP contribution in [0.15, 0.2) is 15.7 Å². The van der Waals surface area contributed by atoms with Gasteiger partial charge in [0.2, 0.25) is 0 Å². The van der Waals surface area contributed by atoms with E-state index in [2.05, 4.69) is 46.7 Å². The van der Waals surface area contributed by atoms with Crippen LogP contribution in [0.2, 0.25) is 0 Å². The van der Waals surface area contributed by atoms with Gasteiger partial charge in [0.1, 0.15) is 15.5 Å². The Morgan fingerprint density at radius 2 is 2.24 bits per heavy atom. The number of hydrogen-bond donors (Lipinski definition) is 0. The highest BCUT2D eigenvalue weighted by atomic mass is 79.9. The highest BCUT2D eigenvalue weighted by Gasteiger charge is 2.26. The van der Waals surface area contributed by atoms with Crippen molar-refractivity contribution in [3.63, 3.8) is 0 Å². The standard InChI is InChI=1S/C12H17BrN2OS/c1-7(2)12-14-10(13)6-11(15-12)17-9-4-5-16-8(9)3/h6-9H,4-5H2,1-3H3. The Bertz CT molecular complexity index is 400. The topological polar surface area (TPSA) is 35.0 Å². The van der Waals surface area contributed by atoms with Crippen LogP contribution in [-0.4, -0.2) is 27.9 Å². The molecule has 1 aromatic heterocycles. The van der Waals surface area contributed by atoms with Crippen LogP contribution in [-0.2, 0) is 4.74 Å². The Morgan fingerprint density at radius 1 is 1.47 bits per heavy atom. The van der Waals surface area contributed by atoms with Crippen molar-refractivity contribution in [2.24, 2.45) is 0 Å². The van der Waals surface area contributed by atoms with Gasteiger partial charge in [0.05, 0.1) is 6.10 Å². The summed E-state index contributed by atoms with van der Waals surface area (Å²) in [5, 5.41) is 1.55. The van der Waals surface area contributed by atoms with Gasteiger partial charge in [-0.3, -0.25) is 0 Å². The van der Waals surface area contributed by atoms with Crippen LogP contribution < -0.4 is 0 Å². The van der Waals surface area contributed by atoms with Crippen LogP contribution in [0.5, 0.6) is 0 Å². The van der Waals surface area contributed by atoms with Gasteiger partial charge in [-0.05, 0) is 29.3 Å². The minimum atomic E-state index is 0.316. The van der Waals surface area contributed by atoms with E-state index in [9.17, 15) is 0 Å². The molecule has 1 aliphatic rings. The van der Waals surface area contributed by atoms with Crippen molar-refractivity contribution in [1.29, 1.82) is 0 Å². The van der Waals surface area contributed by atoms with Crippen molar-refractivity contribution >= 4 is 27.7 Å². The molecule has 1 aromatic rings. The minimum Gasteiger partial charge on any atom is -0.377 e. The molecular formula is C12H17BrN2OS. The van der Waals surface area contributed by atoms with Crippen LogP contribution in [0, 0.1) is 0 Å².